The largest absolute Gasteiger partial charge is 0.477 e. The van der Waals surface area contributed by atoms with Gasteiger partial charge in [-0.1, -0.05) is 12.1 Å². The van der Waals surface area contributed by atoms with E-state index in [4.69, 9.17) is 9.52 Å². The molecule has 2 N–H and O–H groups in total. The molecular formula is C14H10BrNO4. The lowest BCUT2D eigenvalue weighted by molar-refractivity contribution is -0.132. The Morgan fingerprint density at radius 2 is 1.95 bits per heavy atom. The summed E-state index contributed by atoms with van der Waals surface area (Å²) < 4.78 is 5.61. The summed E-state index contributed by atoms with van der Waals surface area (Å²) in [4.78, 5) is 23.2. The van der Waals surface area contributed by atoms with Gasteiger partial charge in [-0.2, -0.15) is 0 Å². The van der Waals surface area contributed by atoms with E-state index in [1.165, 1.54) is 12.3 Å². The number of hydrogen-bond donors (Lipinski definition) is 2. The normalized spacial score (nSPS) is 11.2. The maximum absolute atomic E-state index is 12.0. The van der Waals surface area contributed by atoms with Crippen LogP contribution >= 0.6 is 15.9 Å². The maximum atomic E-state index is 12.0. The second-order valence-electron chi connectivity index (χ2n) is 3.81. The van der Waals surface area contributed by atoms with Gasteiger partial charge in [0.2, 0.25) is 0 Å². The zero-order valence-electron chi connectivity index (χ0n) is 10.2. The minimum absolute atomic E-state index is 0.263. The minimum Gasteiger partial charge on any atom is -0.477 e. The molecule has 1 heterocycles. The third kappa shape index (κ3) is 3.36. The molecular weight excluding hydrogens is 326 g/mol. The van der Waals surface area contributed by atoms with E-state index in [2.05, 4.69) is 21.2 Å². The van der Waals surface area contributed by atoms with Crippen LogP contribution in [0, 0.1) is 0 Å². The van der Waals surface area contributed by atoms with Crippen LogP contribution in [-0.4, -0.2) is 17.0 Å². The van der Waals surface area contributed by atoms with E-state index < -0.39 is 11.9 Å². The number of aliphatic carboxylic acids is 1. The second-order valence-corrected chi connectivity index (χ2v) is 4.67. The van der Waals surface area contributed by atoms with E-state index in [-0.39, 0.29) is 5.70 Å². The van der Waals surface area contributed by atoms with Crippen LogP contribution in [0.2, 0.25) is 0 Å². The van der Waals surface area contributed by atoms with E-state index >= 15 is 0 Å². The molecule has 5 nitrogen and oxygen atoms in total. The Morgan fingerprint density at radius 1 is 1.20 bits per heavy atom. The summed E-state index contributed by atoms with van der Waals surface area (Å²) in [6.07, 6.45) is 2.66. The van der Waals surface area contributed by atoms with Crippen molar-refractivity contribution in [3.05, 3.63) is 64.2 Å². The second kappa shape index (κ2) is 6.21. The molecule has 0 aliphatic heterocycles. The third-order valence-corrected chi connectivity index (χ3v) is 3.12. The highest BCUT2D eigenvalue weighted by Crippen LogP contribution is 2.16. The van der Waals surface area contributed by atoms with Crippen molar-refractivity contribution in [2.75, 3.05) is 0 Å². The van der Waals surface area contributed by atoms with Crippen LogP contribution in [0.4, 0.5) is 0 Å². The van der Waals surface area contributed by atoms with Crippen LogP contribution in [0.1, 0.15) is 16.1 Å². The molecule has 20 heavy (non-hydrogen) atoms. The molecule has 2 rings (SSSR count). The Balaban J connectivity index is 2.24. The van der Waals surface area contributed by atoms with Gasteiger partial charge in [0, 0.05) is 10.5 Å². The Hall–Kier alpha value is -2.34. The van der Waals surface area contributed by atoms with Crippen molar-refractivity contribution in [1.29, 1.82) is 0 Å². The fourth-order valence-electron chi connectivity index (χ4n) is 1.50. The van der Waals surface area contributed by atoms with Gasteiger partial charge in [0.15, 0.2) is 0 Å². The van der Waals surface area contributed by atoms with E-state index in [0.29, 0.717) is 15.8 Å². The minimum atomic E-state index is -1.25. The molecule has 0 radical (unpaired) electrons. The predicted molar refractivity (Wildman–Crippen MR) is 75.9 cm³/mol. The average Bonchev–Trinajstić information content (AvgIpc) is 2.91. The lowest BCUT2D eigenvalue weighted by Crippen LogP contribution is -2.27. The van der Waals surface area contributed by atoms with E-state index in [9.17, 15) is 9.59 Å². The summed E-state index contributed by atoms with van der Waals surface area (Å²) in [6, 6.07) is 9.96. The molecule has 1 aromatic carbocycles. The molecule has 102 valence electrons. The van der Waals surface area contributed by atoms with Gasteiger partial charge in [0.25, 0.3) is 5.91 Å². The lowest BCUT2D eigenvalue weighted by Gasteiger charge is -2.07. The summed E-state index contributed by atoms with van der Waals surface area (Å²) in [5, 5.41) is 11.4. The Bertz CT molecular complexity index is 662. The smallest absolute Gasteiger partial charge is 0.352 e. The van der Waals surface area contributed by atoms with Crippen LogP contribution in [0.25, 0.3) is 6.08 Å². The summed E-state index contributed by atoms with van der Waals surface area (Å²) in [6.45, 7) is 0. The molecule has 0 spiro atoms. The van der Waals surface area contributed by atoms with Crippen LogP contribution in [0.5, 0.6) is 0 Å². The van der Waals surface area contributed by atoms with Crippen LogP contribution in [-0.2, 0) is 4.79 Å². The third-order valence-electron chi connectivity index (χ3n) is 2.43. The predicted octanol–water partition coefficient (Wildman–Crippen LogP) is 2.90. The number of furan rings is 1. The van der Waals surface area contributed by atoms with Gasteiger partial charge >= 0.3 is 5.97 Å². The topological polar surface area (TPSA) is 79.5 Å². The first-order valence-electron chi connectivity index (χ1n) is 5.62. The van der Waals surface area contributed by atoms with Gasteiger partial charge in [-0.25, -0.2) is 4.79 Å². The lowest BCUT2D eigenvalue weighted by atomic mass is 10.2. The highest BCUT2D eigenvalue weighted by molar-refractivity contribution is 9.10. The standard InChI is InChI=1S/C14H10BrNO4/c15-11-6-2-1-5-10(11)13(17)16-12(14(18)19)8-9-4-3-7-20-9/h1-8H,(H,16,17)(H,18,19)/b12-8+. The molecule has 0 fully saturated rings. The zero-order valence-corrected chi connectivity index (χ0v) is 11.8. The molecule has 0 saturated carbocycles. The molecule has 0 bridgehead atoms. The first-order chi connectivity index (χ1) is 9.58. The van der Waals surface area contributed by atoms with Crippen molar-refractivity contribution in [2.45, 2.75) is 0 Å². The summed E-state index contributed by atoms with van der Waals surface area (Å²) >= 11 is 3.24. The molecule has 1 aromatic heterocycles. The summed E-state index contributed by atoms with van der Waals surface area (Å²) in [5.41, 5.74) is 0.0831. The number of benzene rings is 1. The number of rotatable bonds is 4. The van der Waals surface area contributed by atoms with Crippen LogP contribution in [0.3, 0.4) is 0 Å². The Labute approximate surface area is 123 Å². The van der Waals surface area contributed by atoms with Crippen molar-refractivity contribution >= 4 is 33.9 Å². The average molecular weight is 336 g/mol. The van der Waals surface area contributed by atoms with E-state index in [0.717, 1.165) is 0 Å². The number of carbonyl (C=O) groups is 2. The van der Waals surface area contributed by atoms with Crippen molar-refractivity contribution in [3.63, 3.8) is 0 Å². The first kappa shape index (κ1) is 14.1. The number of carbonyl (C=O) groups excluding carboxylic acids is 1. The van der Waals surface area contributed by atoms with E-state index in [1.54, 1.807) is 36.4 Å². The van der Waals surface area contributed by atoms with Crippen molar-refractivity contribution < 1.29 is 19.1 Å². The molecule has 6 heteroatoms. The molecule has 2 aromatic rings. The van der Waals surface area contributed by atoms with Gasteiger partial charge in [0.05, 0.1) is 11.8 Å². The van der Waals surface area contributed by atoms with Crippen LogP contribution < -0.4 is 5.32 Å². The quantitative estimate of drug-likeness (QED) is 0.842. The SMILES string of the molecule is O=C(O)/C(=C\c1ccco1)NC(=O)c1ccccc1Br. The number of carboxylic acid groups (broad SMARTS) is 1. The van der Waals surface area contributed by atoms with Gasteiger partial charge in [0.1, 0.15) is 11.5 Å². The van der Waals surface area contributed by atoms with Gasteiger partial charge in [-0.15, -0.1) is 0 Å². The summed E-state index contributed by atoms with van der Waals surface area (Å²) in [5.74, 6) is -1.42. The van der Waals surface area contributed by atoms with Gasteiger partial charge < -0.3 is 14.8 Å². The Kier molecular flexibility index (Phi) is 4.37. The number of halogens is 1. The molecule has 0 unspecified atom stereocenters. The molecule has 1 amide bonds. The number of hydrogen-bond acceptors (Lipinski definition) is 3. The molecule has 0 saturated heterocycles. The highest BCUT2D eigenvalue weighted by Gasteiger charge is 2.15. The van der Waals surface area contributed by atoms with Crippen LogP contribution in [0.15, 0.2) is 57.2 Å². The fraction of sp³-hybridized carbons (Fsp3) is 0. The summed E-state index contributed by atoms with van der Waals surface area (Å²) in [7, 11) is 0. The highest BCUT2D eigenvalue weighted by atomic mass is 79.9. The van der Waals surface area contributed by atoms with E-state index in [1.807, 2.05) is 0 Å². The molecule has 0 aliphatic carbocycles. The van der Waals surface area contributed by atoms with Crippen molar-refractivity contribution in [3.8, 4) is 0 Å². The molecule has 0 atom stereocenters. The number of nitrogens with one attached hydrogen (secondary N) is 1. The van der Waals surface area contributed by atoms with Gasteiger partial charge in [-0.05, 0) is 40.2 Å². The number of amides is 1. The zero-order chi connectivity index (χ0) is 14.5. The fourth-order valence-corrected chi connectivity index (χ4v) is 1.97. The van der Waals surface area contributed by atoms with Crippen molar-refractivity contribution in [1.82, 2.24) is 5.32 Å². The van der Waals surface area contributed by atoms with Crippen molar-refractivity contribution in [2.24, 2.45) is 0 Å². The monoisotopic (exact) mass is 335 g/mol. The maximum Gasteiger partial charge on any atom is 0.352 e. The Morgan fingerprint density at radius 3 is 2.55 bits per heavy atom. The first-order valence-corrected chi connectivity index (χ1v) is 6.41. The number of carboxylic acids is 1. The van der Waals surface area contributed by atoms with Gasteiger partial charge in [-0.3, -0.25) is 4.79 Å². The molecule has 0 aliphatic rings.